The van der Waals surface area contributed by atoms with E-state index in [1.165, 1.54) is 30.3 Å². The van der Waals surface area contributed by atoms with Gasteiger partial charge < -0.3 is 19.5 Å². The van der Waals surface area contributed by atoms with Crippen LogP contribution in [0.15, 0.2) is 71.6 Å². The average molecular weight is 487 g/mol. The molecule has 34 heavy (non-hydrogen) atoms. The van der Waals surface area contributed by atoms with Crippen LogP contribution in [0.3, 0.4) is 0 Å². The number of anilines is 2. The van der Waals surface area contributed by atoms with E-state index in [0.717, 1.165) is 16.4 Å². The average Bonchev–Trinajstić information content (AvgIpc) is 2.84. The number of ether oxygens (including phenoxy) is 3. The lowest BCUT2D eigenvalue weighted by Crippen LogP contribution is -2.38. The van der Waals surface area contributed by atoms with Gasteiger partial charge in [-0.3, -0.25) is 9.10 Å². The van der Waals surface area contributed by atoms with Crippen LogP contribution in [0.25, 0.3) is 0 Å². The molecule has 0 unspecified atom stereocenters. The lowest BCUT2D eigenvalue weighted by Gasteiger charge is -2.25. The molecule has 1 heterocycles. The number of nitrogens with zero attached hydrogens (tertiary/aromatic N) is 1. The van der Waals surface area contributed by atoms with Gasteiger partial charge in [0.15, 0.2) is 11.5 Å². The second kappa shape index (κ2) is 10.0. The maximum Gasteiger partial charge on any atom is 0.264 e. The summed E-state index contributed by atoms with van der Waals surface area (Å²) >= 11 is 0. The fraction of sp³-hybridized carbons (Fsp3) is 0.208. The second-order valence-electron chi connectivity index (χ2n) is 7.27. The Hall–Kier alpha value is -3.79. The standard InChI is InChI=1S/C24H23FN2O6S/c1-2-31-21-6-4-3-5-20(21)26-24(28)16-27(18-9-7-17(25)8-10-18)34(29,30)19-11-12-22-23(15-19)33-14-13-32-22/h3-12,15H,2,13-14,16H2,1H3,(H,26,28). The van der Waals surface area contributed by atoms with Crippen molar-refractivity contribution in [3.63, 3.8) is 0 Å². The van der Waals surface area contributed by atoms with E-state index in [4.69, 9.17) is 14.2 Å². The van der Waals surface area contributed by atoms with E-state index in [1.54, 1.807) is 24.3 Å². The molecule has 10 heteroatoms. The molecule has 0 aromatic heterocycles. The van der Waals surface area contributed by atoms with E-state index in [-0.39, 0.29) is 10.6 Å². The quantitative estimate of drug-likeness (QED) is 0.520. The van der Waals surface area contributed by atoms with Crippen molar-refractivity contribution in [2.75, 3.05) is 36.0 Å². The van der Waals surface area contributed by atoms with Gasteiger partial charge in [0, 0.05) is 6.07 Å². The molecule has 0 bridgehead atoms. The number of nitrogens with one attached hydrogen (secondary N) is 1. The minimum Gasteiger partial charge on any atom is -0.492 e. The number of para-hydroxylation sites is 2. The van der Waals surface area contributed by atoms with Gasteiger partial charge in [-0.2, -0.15) is 0 Å². The topological polar surface area (TPSA) is 94.2 Å². The number of hydrogen-bond acceptors (Lipinski definition) is 6. The minimum absolute atomic E-state index is 0.0939. The Labute approximate surface area is 196 Å². The molecule has 3 aromatic carbocycles. The smallest absolute Gasteiger partial charge is 0.264 e. The number of sulfonamides is 1. The fourth-order valence-corrected chi connectivity index (χ4v) is 4.84. The summed E-state index contributed by atoms with van der Waals surface area (Å²) in [6, 6.07) is 15.9. The zero-order chi connectivity index (χ0) is 24.1. The van der Waals surface area contributed by atoms with Gasteiger partial charge in [-0.25, -0.2) is 12.8 Å². The van der Waals surface area contributed by atoms with Crippen LogP contribution in [0, 0.1) is 5.82 Å². The molecule has 1 amide bonds. The molecule has 8 nitrogen and oxygen atoms in total. The molecule has 178 valence electrons. The van der Waals surface area contributed by atoms with Crippen LogP contribution in [0.1, 0.15) is 6.92 Å². The van der Waals surface area contributed by atoms with Gasteiger partial charge in [-0.05, 0) is 55.5 Å². The van der Waals surface area contributed by atoms with E-state index in [0.29, 0.717) is 42.8 Å². The van der Waals surface area contributed by atoms with E-state index < -0.39 is 28.3 Å². The second-order valence-corrected chi connectivity index (χ2v) is 9.13. The molecular weight excluding hydrogens is 463 g/mol. The highest BCUT2D eigenvalue weighted by Crippen LogP contribution is 2.34. The van der Waals surface area contributed by atoms with E-state index in [1.807, 2.05) is 6.92 Å². The molecule has 1 N–H and O–H groups in total. The molecule has 0 fully saturated rings. The first-order valence-corrected chi connectivity index (χ1v) is 12.0. The summed E-state index contributed by atoms with van der Waals surface area (Å²) in [5, 5.41) is 2.69. The third-order valence-electron chi connectivity index (χ3n) is 4.96. The van der Waals surface area contributed by atoms with E-state index >= 15 is 0 Å². The van der Waals surface area contributed by atoms with Crippen LogP contribution in [0.5, 0.6) is 17.2 Å². The molecule has 1 aliphatic rings. The van der Waals surface area contributed by atoms with E-state index in [2.05, 4.69) is 5.32 Å². The van der Waals surface area contributed by atoms with Crippen molar-refractivity contribution in [3.8, 4) is 17.2 Å². The number of rotatable bonds is 8. The SMILES string of the molecule is CCOc1ccccc1NC(=O)CN(c1ccc(F)cc1)S(=O)(=O)c1ccc2c(c1)OCCO2. The number of hydrogen-bond donors (Lipinski definition) is 1. The van der Waals surface area contributed by atoms with E-state index in [9.17, 15) is 17.6 Å². The third kappa shape index (κ3) is 5.07. The summed E-state index contributed by atoms with van der Waals surface area (Å²) in [7, 11) is -4.22. The van der Waals surface area contributed by atoms with Gasteiger partial charge in [-0.15, -0.1) is 0 Å². The van der Waals surface area contributed by atoms with Crippen LogP contribution in [-0.4, -0.2) is 40.7 Å². The molecule has 0 spiro atoms. The van der Waals surface area contributed by atoms with Crippen molar-refractivity contribution >= 4 is 27.3 Å². The molecule has 4 rings (SSSR count). The highest BCUT2D eigenvalue weighted by atomic mass is 32.2. The largest absolute Gasteiger partial charge is 0.492 e. The number of carbonyl (C=O) groups is 1. The van der Waals surface area contributed by atoms with Crippen LogP contribution >= 0.6 is 0 Å². The highest BCUT2D eigenvalue weighted by molar-refractivity contribution is 7.92. The molecule has 1 aliphatic heterocycles. The summed E-state index contributed by atoms with van der Waals surface area (Å²) in [6.07, 6.45) is 0. The predicted octanol–water partition coefficient (Wildman–Crippen LogP) is 3.83. The third-order valence-corrected chi connectivity index (χ3v) is 6.73. The number of halogens is 1. The molecule has 0 aliphatic carbocycles. The van der Waals surface area contributed by atoms with Gasteiger partial charge in [0.25, 0.3) is 10.0 Å². The first-order chi connectivity index (χ1) is 16.4. The van der Waals surface area contributed by atoms with Crippen molar-refractivity contribution < 1.29 is 31.8 Å². The normalized spacial score (nSPS) is 12.6. The summed E-state index contributed by atoms with van der Waals surface area (Å²) in [6.45, 7) is 2.31. The zero-order valence-electron chi connectivity index (χ0n) is 18.4. The van der Waals surface area contributed by atoms with Gasteiger partial charge >= 0.3 is 0 Å². The zero-order valence-corrected chi connectivity index (χ0v) is 19.2. The molecule has 0 saturated carbocycles. The van der Waals surface area contributed by atoms with Gasteiger partial charge in [0.05, 0.1) is 22.9 Å². The van der Waals surface area contributed by atoms with Crippen LogP contribution in [0.4, 0.5) is 15.8 Å². The van der Waals surface area contributed by atoms with Gasteiger partial charge in [-0.1, -0.05) is 12.1 Å². The Morgan fingerprint density at radius 2 is 1.74 bits per heavy atom. The van der Waals surface area contributed by atoms with Gasteiger partial charge in [0.2, 0.25) is 5.91 Å². The number of benzene rings is 3. The van der Waals surface area contributed by atoms with Crippen molar-refractivity contribution in [2.24, 2.45) is 0 Å². The Kier molecular flexibility index (Phi) is 6.87. The predicted molar refractivity (Wildman–Crippen MR) is 125 cm³/mol. The number of carbonyl (C=O) groups excluding carboxylic acids is 1. The van der Waals surface area contributed by atoms with Crippen LogP contribution in [0.2, 0.25) is 0 Å². The first-order valence-electron chi connectivity index (χ1n) is 10.6. The molecular formula is C24H23FN2O6S. The Morgan fingerprint density at radius 1 is 1.03 bits per heavy atom. The monoisotopic (exact) mass is 486 g/mol. The molecule has 0 saturated heterocycles. The lowest BCUT2D eigenvalue weighted by atomic mass is 10.3. The number of fused-ring (bicyclic) bond motifs is 1. The first kappa shape index (κ1) is 23.4. The Balaban J connectivity index is 1.66. The summed E-state index contributed by atoms with van der Waals surface area (Å²) in [4.78, 5) is 12.8. The molecule has 0 atom stereocenters. The molecule has 0 radical (unpaired) electrons. The fourth-order valence-electron chi connectivity index (χ4n) is 3.41. The Morgan fingerprint density at radius 3 is 2.47 bits per heavy atom. The molecule has 3 aromatic rings. The maximum atomic E-state index is 13.6. The maximum absolute atomic E-state index is 13.6. The van der Waals surface area contributed by atoms with Crippen molar-refractivity contribution in [1.82, 2.24) is 0 Å². The highest BCUT2D eigenvalue weighted by Gasteiger charge is 2.29. The minimum atomic E-state index is -4.22. The Bertz CT molecular complexity index is 1280. The number of amides is 1. The van der Waals surface area contributed by atoms with Crippen molar-refractivity contribution in [3.05, 3.63) is 72.5 Å². The summed E-state index contributed by atoms with van der Waals surface area (Å²) < 4.78 is 58.1. The summed E-state index contributed by atoms with van der Waals surface area (Å²) in [5.74, 6) is 0.0553. The summed E-state index contributed by atoms with van der Waals surface area (Å²) in [5.41, 5.74) is 0.537. The lowest BCUT2D eigenvalue weighted by molar-refractivity contribution is -0.114. The van der Waals surface area contributed by atoms with Crippen molar-refractivity contribution in [2.45, 2.75) is 11.8 Å². The van der Waals surface area contributed by atoms with Crippen LogP contribution < -0.4 is 23.8 Å². The van der Waals surface area contributed by atoms with Crippen molar-refractivity contribution in [1.29, 1.82) is 0 Å². The van der Waals surface area contributed by atoms with Crippen LogP contribution in [-0.2, 0) is 14.8 Å². The van der Waals surface area contributed by atoms with Gasteiger partial charge in [0.1, 0.15) is 31.3 Å².